The fourth-order valence-electron chi connectivity index (χ4n) is 1.78. The van der Waals surface area contributed by atoms with Gasteiger partial charge in [-0.15, -0.1) is 0 Å². The Morgan fingerprint density at radius 3 is 2.75 bits per heavy atom. The second-order valence-electron chi connectivity index (χ2n) is 4.13. The summed E-state index contributed by atoms with van der Waals surface area (Å²) in [6, 6.07) is 11.2. The summed E-state index contributed by atoms with van der Waals surface area (Å²) in [6.07, 6.45) is 0. The Morgan fingerprint density at radius 1 is 1.30 bits per heavy atom. The van der Waals surface area contributed by atoms with E-state index in [1.54, 1.807) is 36.4 Å². The number of carbonyl (C=O) groups is 1. The third-order valence-corrected chi connectivity index (χ3v) is 3.05. The molecule has 20 heavy (non-hydrogen) atoms. The van der Waals surface area contributed by atoms with Crippen molar-refractivity contribution in [3.63, 3.8) is 0 Å². The topological polar surface area (TPSA) is 38.3 Å². The van der Waals surface area contributed by atoms with Gasteiger partial charge >= 0.3 is 5.97 Å². The van der Waals surface area contributed by atoms with Gasteiger partial charge in [0.2, 0.25) is 0 Å². The fraction of sp³-hybridized carbons (Fsp3) is 0.133. The van der Waals surface area contributed by atoms with Gasteiger partial charge in [0.25, 0.3) is 0 Å². The maximum atomic E-state index is 13.5. The van der Waals surface area contributed by atoms with Gasteiger partial charge in [0.1, 0.15) is 5.82 Å². The van der Waals surface area contributed by atoms with Crippen molar-refractivity contribution in [1.82, 2.24) is 0 Å². The van der Waals surface area contributed by atoms with Gasteiger partial charge in [-0.05, 0) is 24.3 Å². The minimum Gasteiger partial charge on any atom is -0.465 e. The van der Waals surface area contributed by atoms with Crippen molar-refractivity contribution >= 4 is 23.3 Å². The van der Waals surface area contributed by atoms with Crippen LogP contribution in [0.15, 0.2) is 42.5 Å². The summed E-state index contributed by atoms with van der Waals surface area (Å²) in [5, 5.41) is 3.48. The van der Waals surface area contributed by atoms with Crippen LogP contribution in [0, 0.1) is 5.82 Å². The Bertz CT molecular complexity index is 631. The summed E-state index contributed by atoms with van der Waals surface area (Å²) in [7, 11) is 1.30. The smallest absolute Gasteiger partial charge is 0.339 e. The molecule has 0 aromatic heterocycles. The van der Waals surface area contributed by atoms with Gasteiger partial charge < -0.3 is 10.1 Å². The lowest BCUT2D eigenvalue weighted by molar-refractivity contribution is 0.0602. The van der Waals surface area contributed by atoms with E-state index in [1.165, 1.54) is 13.2 Å². The molecule has 3 nitrogen and oxygen atoms in total. The van der Waals surface area contributed by atoms with Crippen LogP contribution in [0.5, 0.6) is 0 Å². The molecule has 0 aliphatic heterocycles. The van der Waals surface area contributed by atoms with Gasteiger partial charge in [-0.25, -0.2) is 9.18 Å². The number of rotatable bonds is 4. The number of hydrogen-bond donors (Lipinski definition) is 1. The minimum absolute atomic E-state index is 0.247. The van der Waals surface area contributed by atoms with Crippen molar-refractivity contribution in [2.24, 2.45) is 0 Å². The van der Waals surface area contributed by atoms with E-state index >= 15 is 0 Å². The van der Waals surface area contributed by atoms with Gasteiger partial charge in [-0.3, -0.25) is 0 Å². The molecule has 2 aromatic carbocycles. The van der Waals surface area contributed by atoms with Gasteiger partial charge in [0, 0.05) is 17.1 Å². The van der Waals surface area contributed by atoms with E-state index in [9.17, 15) is 9.18 Å². The summed E-state index contributed by atoms with van der Waals surface area (Å²) in [5.41, 5.74) is 1.36. The van der Waals surface area contributed by atoms with E-state index in [2.05, 4.69) is 5.32 Å². The highest BCUT2D eigenvalue weighted by atomic mass is 35.5. The van der Waals surface area contributed by atoms with Crippen LogP contribution in [0.1, 0.15) is 15.9 Å². The van der Waals surface area contributed by atoms with Crippen molar-refractivity contribution in [1.29, 1.82) is 0 Å². The van der Waals surface area contributed by atoms with E-state index in [4.69, 9.17) is 16.3 Å². The molecule has 2 aromatic rings. The van der Waals surface area contributed by atoms with E-state index < -0.39 is 5.97 Å². The minimum atomic E-state index is -0.474. The second-order valence-corrected chi connectivity index (χ2v) is 4.56. The highest BCUT2D eigenvalue weighted by Crippen LogP contribution is 2.22. The summed E-state index contributed by atoms with van der Waals surface area (Å²) in [5.74, 6) is -0.778. The molecule has 5 heteroatoms. The van der Waals surface area contributed by atoms with Gasteiger partial charge in [-0.2, -0.15) is 0 Å². The van der Waals surface area contributed by atoms with Crippen molar-refractivity contribution < 1.29 is 13.9 Å². The molecule has 0 fully saturated rings. The lowest BCUT2D eigenvalue weighted by Crippen LogP contribution is -2.09. The van der Waals surface area contributed by atoms with Gasteiger partial charge in [-0.1, -0.05) is 29.8 Å². The molecule has 0 aliphatic rings. The molecule has 2 rings (SSSR count). The van der Waals surface area contributed by atoms with Gasteiger partial charge in [0.05, 0.1) is 18.4 Å². The first-order valence-corrected chi connectivity index (χ1v) is 6.34. The fourth-order valence-corrected chi connectivity index (χ4v) is 1.95. The van der Waals surface area contributed by atoms with E-state index in [0.29, 0.717) is 21.8 Å². The van der Waals surface area contributed by atoms with Crippen molar-refractivity contribution in [3.8, 4) is 0 Å². The van der Waals surface area contributed by atoms with Crippen LogP contribution in [0.3, 0.4) is 0 Å². The molecule has 0 aliphatic carbocycles. The zero-order valence-electron chi connectivity index (χ0n) is 10.8. The lowest BCUT2D eigenvalue weighted by atomic mass is 10.1. The zero-order valence-corrected chi connectivity index (χ0v) is 11.6. The summed E-state index contributed by atoms with van der Waals surface area (Å²) in [4.78, 5) is 11.6. The quantitative estimate of drug-likeness (QED) is 0.870. The molecule has 0 spiro atoms. The predicted molar refractivity (Wildman–Crippen MR) is 76.5 cm³/mol. The molecule has 0 saturated heterocycles. The van der Waals surface area contributed by atoms with Crippen LogP contribution < -0.4 is 5.32 Å². The Kier molecular flexibility index (Phi) is 4.58. The van der Waals surface area contributed by atoms with E-state index in [-0.39, 0.29) is 12.4 Å². The number of carbonyl (C=O) groups excluding carboxylic acids is 1. The Balaban J connectivity index is 2.22. The van der Waals surface area contributed by atoms with Crippen molar-refractivity contribution in [2.45, 2.75) is 6.54 Å². The first-order chi connectivity index (χ1) is 9.61. The molecule has 0 radical (unpaired) electrons. The third-order valence-electron chi connectivity index (χ3n) is 2.81. The van der Waals surface area contributed by atoms with Crippen molar-refractivity contribution in [2.75, 3.05) is 12.4 Å². The number of esters is 1. The molecule has 104 valence electrons. The first kappa shape index (κ1) is 14.3. The normalized spacial score (nSPS) is 10.2. The number of benzene rings is 2. The maximum Gasteiger partial charge on any atom is 0.339 e. The number of ether oxygens (including phenoxy) is 1. The molecule has 0 atom stereocenters. The SMILES string of the molecule is COC(=O)c1ccc(Cl)cc1NCc1ccccc1F. The van der Waals surface area contributed by atoms with Crippen molar-refractivity contribution in [3.05, 3.63) is 64.4 Å². The summed E-state index contributed by atoms with van der Waals surface area (Å²) < 4.78 is 18.2. The van der Waals surface area contributed by atoms with E-state index in [1.807, 2.05) is 0 Å². The highest BCUT2D eigenvalue weighted by molar-refractivity contribution is 6.31. The molecule has 0 amide bonds. The number of anilines is 1. The molecule has 0 heterocycles. The van der Waals surface area contributed by atoms with Crippen LogP contribution in [-0.4, -0.2) is 13.1 Å². The van der Waals surface area contributed by atoms with Crippen LogP contribution >= 0.6 is 11.6 Å². The molecule has 0 unspecified atom stereocenters. The molecule has 0 saturated carbocycles. The molecule has 0 bridgehead atoms. The summed E-state index contributed by atoms with van der Waals surface area (Å²) >= 11 is 5.91. The third kappa shape index (κ3) is 3.27. The molecule has 1 N–H and O–H groups in total. The Hall–Kier alpha value is -2.07. The second kappa shape index (κ2) is 6.39. The standard InChI is InChI=1S/C15H13ClFNO2/c1-20-15(19)12-7-6-11(16)8-14(12)18-9-10-4-2-3-5-13(10)17/h2-8,18H,9H2,1H3. The number of methoxy groups -OCH3 is 1. The first-order valence-electron chi connectivity index (χ1n) is 5.97. The predicted octanol–water partition coefficient (Wildman–Crippen LogP) is 3.88. The van der Waals surface area contributed by atoms with Crippen LogP contribution in [-0.2, 0) is 11.3 Å². The number of halogens is 2. The maximum absolute atomic E-state index is 13.5. The molecular formula is C15H13ClFNO2. The highest BCUT2D eigenvalue weighted by Gasteiger charge is 2.12. The Labute approximate surface area is 121 Å². The number of hydrogen-bond acceptors (Lipinski definition) is 3. The lowest BCUT2D eigenvalue weighted by Gasteiger charge is -2.11. The van der Waals surface area contributed by atoms with E-state index in [0.717, 1.165) is 0 Å². The Morgan fingerprint density at radius 2 is 2.05 bits per heavy atom. The van der Waals surface area contributed by atoms with Crippen LogP contribution in [0.4, 0.5) is 10.1 Å². The zero-order chi connectivity index (χ0) is 14.5. The van der Waals surface area contributed by atoms with Crippen LogP contribution in [0.25, 0.3) is 0 Å². The average molecular weight is 294 g/mol. The van der Waals surface area contributed by atoms with Gasteiger partial charge in [0.15, 0.2) is 0 Å². The van der Waals surface area contributed by atoms with Crippen LogP contribution in [0.2, 0.25) is 5.02 Å². The monoisotopic (exact) mass is 293 g/mol. The largest absolute Gasteiger partial charge is 0.465 e. The summed E-state index contributed by atoms with van der Waals surface area (Å²) in [6.45, 7) is 0.247. The number of nitrogens with one attached hydrogen (secondary N) is 1. The average Bonchev–Trinajstić information content (AvgIpc) is 2.46. The molecular weight excluding hydrogens is 281 g/mol.